The van der Waals surface area contributed by atoms with Crippen LogP contribution in [0.4, 0.5) is 0 Å². The van der Waals surface area contributed by atoms with Gasteiger partial charge in [-0.2, -0.15) is 0 Å². The Labute approximate surface area is 56.4 Å². The molecule has 2 atom stereocenters. The Bertz CT molecular complexity index is 107. The smallest absolute Gasteiger partial charge is 0.0600 e. The van der Waals surface area contributed by atoms with E-state index in [0.29, 0.717) is 5.92 Å². The summed E-state index contributed by atoms with van der Waals surface area (Å²) in [6, 6.07) is 0. The van der Waals surface area contributed by atoms with E-state index in [1.165, 1.54) is 0 Å². The van der Waals surface area contributed by atoms with Crippen LogP contribution in [0.5, 0.6) is 0 Å². The predicted octanol–water partition coefficient (Wildman–Crippen LogP) is 1.72. The Hall–Kier alpha value is -0.300. The van der Waals surface area contributed by atoms with Gasteiger partial charge in [0.2, 0.25) is 0 Å². The van der Waals surface area contributed by atoms with Crippen LogP contribution in [0, 0.1) is 5.92 Å². The van der Waals surface area contributed by atoms with Crippen LogP contribution in [0.25, 0.3) is 0 Å². The summed E-state index contributed by atoms with van der Waals surface area (Å²) in [4.78, 5) is 0. The first kappa shape index (κ1) is 6.81. The zero-order valence-electron chi connectivity index (χ0n) is 5.88. The first-order valence-electron chi connectivity index (χ1n) is 3.65. The van der Waals surface area contributed by atoms with Crippen LogP contribution < -0.4 is 0 Å². The molecule has 0 aromatic rings. The minimum Gasteiger partial charge on any atom is -0.393 e. The number of allylic oxidation sites excluding steroid dienone is 1. The highest BCUT2D eigenvalue weighted by Crippen LogP contribution is 2.16. The van der Waals surface area contributed by atoms with Crippen LogP contribution in [0.3, 0.4) is 0 Å². The Morgan fingerprint density at radius 1 is 1.56 bits per heavy atom. The molecular weight excluding hydrogens is 112 g/mol. The van der Waals surface area contributed by atoms with Gasteiger partial charge < -0.3 is 5.11 Å². The first-order chi connectivity index (χ1) is 4.30. The molecule has 0 saturated heterocycles. The largest absolute Gasteiger partial charge is 0.393 e. The van der Waals surface area contributed by atoms with Crippen molar-refractivity contribution in [1.29, 1.82) is 0 Å². The van der Waals surface area contributed by atoms with Gasteiger partial charge in [0, 0.05) is 0 Å². The minimum atomic E-state index is -0.0938. The highest BCUT2D eigenvalue weighted by atomic mass is 16.3. The number of hydrogen-bond acceptors (Lipinski definition) is 1. The van der Waals surface area contributed by atoms with Crippen molar-refractivity contribution in [3.05, 3.63) is 12.2 Å². The number of rotatable bonds is 0. The zero-order chi connectivity index (χ0) is 6.69. The van der Waals surface area contributed by atoms with Crippen LogP contribution in [0.15, 0.2) is 12.2 Å². The molecule has 52 valence electrons. The molecule has 0 aliphatic heterocycles. The number of hydrogen-bond donors (Lipinski definition) is 1. The number of aliphatic hydroxyl groups excluding tert-OH is 1. The lowest BCUT2D eigenvalue weighted by Gasteiger charge is -2.11. The summed E-state index contributed by atoms with van der Waals surface area (Å²) >= 11 is 0. The van der Waals surface area contributed by atoms with E-state index in [9.17, 15) is 5.11 Å². The van der Waals surface area contributed by atoms with E-state index in [-0.39, 0.29) is 6.10 Å². The summed E-state index contributed by atoms with van der Waals surface area (Å²) in [6.45, 7) is 2.06. The highest BCUT2D eigenvalue weighted by Gasteiger charge is 2.11. The lowest BCUT2D eigenvalue weighted by atomic mass is 10.0. The van der Waals surface area contributed by atoms with Crippen molar-refractivity contribution in [2.24, 2.45) is 5.92 Å². The van der Waals surface area contributed by atoms with E-state index in [1.807, 2.05) is 0 Å². The molecule has 1 aliphatic carbocycles. The summed E-state index contributed by atoms with van der Waals surface area (Å²) in [7, 11) is 0. The summed E-state index contributed by atoms with van der Waals surface area (Å²) in [6.07, 6.45) is 7.43. The van der Waals surface area contributed by atoms with Crippen molar-refractivity contribution < 1.29 is 5.11 Å². The lowest BCUT2D eigenvalue weighted by molar-refractivity contribution is 0.129. The Balaban J connectivity index is 2.46. The van der Waals surface area contributed by atoms with Crippen LogP contribution in [0.2, 0.25) is 0 Å². The van der Waals surface area contributed by atoms with Crippen molar-refractivity contribution in [1.82, 2.24) is 0 Å². The fraction of sp³-hybridized carbons (Fsp3) is 0.750. The third kappa shape index (κ3) is 1.83. The second-order valence-corrected chi connectivity index (χ2v) is 2.79. The zero-order valence-corrected chi connectivity index (χ0v) is 5.88. The Morgan fingerprint density at radius 3 is 3.11 bits per heavy atom. The third-order valence-corrected chi connectivity index (χ3v) is 1.92. The van der Waals surface area contributed by atoms with Crippen LogP contribution >= 0.6 is 0 Å². The van der Waals surface area contributed by atoms with E-state index in [4.69, 9.17) is 0 Å². The average molecular weight is 126 g/mol. The standard InChI is InChI=1S/C8H14O/c1-7-5-3-2-4-6-8(7)9/h3,5,7-9H,2,4,6H2,1H3/t7-,8-/m0/s1. The van der Waals surface area contributed by atoms with Crippen LogP contribution in [0.1, 0.15) is 26.2 Å². The van der Waals surface area contributed by atoms with Gasteiger partial charge in [-0.3, -0.25) is 0 Å². The fourth-order valence-electron chi connectivity index (χ4n) is 1.15. The molecule has 1 nitrogen and oxygen atoms in total. The normalized spacial score (nSPS) is 36.2. The van der Waals surface area contributed by atoms with Crippen molar-refractivity contribution >= 4 is 0 Å². The van der Waals surface area contributed by atoms with E-state index in [1.54, 1.807) is 0 Å². The second kappa shape index (κ2) is 3.02. The molecule has 0 heterocycles. The quantitative estimate of drug-likeness (QED) is 0.490. The van der Waals surface area contributed by atoms with Gasteiger partial charge >= 0.3 is 0 Å². The summed E-state index contributed by atoms with van der Waals surface area (Å²) < 4.78 is 0. The topological polar surface area (TPSA) is 20.2 Å². The predicted molar refractivity (Wildman–Crippen MR) is 38.2 cm³/mol. The highest BCUT2D eigenvalue weighted by molar-refractivity contribution is 4.92. The van der Waals surface area contributed by atoms with E-state index >= 15 is 0 Å². The van der Waals surface area contributed by atoms with Gasteiger partial charge in [0.25, 0.3) is 0 Å². The molecule has 0 aromatic carbocycles. The summed E-state index contributed by atoms with van der Waals surface area (Å²) in [5.74, 6) is 0.368. The molecule has 1 aliphatic rings. The third-order valence-electron chi connectivity index (χ3n) is 1.92. The maximum absolute atomic E-state index is 9.31. The van der Waals surface area contributed by atoms with Gasteiger partial charge in [-0.05, 0) is 25.2 Å². The summed E-state index contributed by atoms with van der Waals surface area (Å²) in [5.41, 5.74) is 0. The van der Waals surface area contributed by atoms with Gasteiger partial charge in [-0.25, -0.2) is 0 Å². The monoisotopic (exact) mass is 126 g/mol. The van der Waals surface area contributed by atoms with E-state index in [2.05, 4.69) is 19.1 Å². The maximum atomic E-state index is 9.31. The molecule has 0 amide bonds. The van der Waals surface area contributed by atoms with Crippen LogP contribution in [-0.2, 0) is 0 Å². The molecule has 1 heteroatoms. The van der Waals surface area contributed by atoms with Gasteiger partial charge in [0.05, 0.1) is 6.10 Å². The number of aliphatic hydroxyl groups is 1. The van der Waals surface area contributed by atoms with Gasteiger partial charge in [-0.1, -0.05) is 19.1 Å². The van der Waals surface area contributed by atoms with Gasteiger partial charge in [0.1, 0.15) is 0 Å². The second-order valence-electron chi connectivity index (χ2n) is 2.79. The van der Waals surface area contributed by atoms with Crippen molar-refractivity contribution in [2.75, 3.05) is 0 Å². The molecule has 0 bridgehead atoms. The Kier molecular flexibility index (Phi) is 2.29. The van der Waals surface area contributed by atoms with E-state index in [0.717, 1.165) is 19.3 Å². The molecule has 0 aromatic heterocycles. The molecule has 9 heavy (non-hydrogen) atoms. The molecule has 0 radical (unpaired) electrons. The minimum absolute atomic E-state index is 0.0938. The Morgan fingerprint density at radius 2 is 2.33 bits per heavy atom. The van der Waals surface area contributed by atoms with Gasteiger partial charge in [0.15, 0.2) is 0 Å². The first-order valence-corrected chi connectivity index (χ1v) is 3.65. The molecule has 0 saturated carbocycles. The average Bonchev–Trinajstić information content (AvgIpc) is 1.99. The molecule has 1 rings (SSSR count). The molecular formula is C8H14O. The molecule has 0 fully saturated rings. The SMILES string of the molecule is C[C@H]1C=CCCC[C@@H]1O. The van der Waals surface area contributed by atoms with Crippen molar-refractivity contribution in [3.8, 4) is 0 Å². The molecule has 0 unspecified atom stereocenters. The lowest BCUT2D eigenvalue weighted by Crippen LogP contribution is -2.13. The summed E-state index contributed by atoms with van der Waals surface area (Å²) in [5, 5.41) is 9.31. The molecule has 0 spiro atoms. The maximum Gasteiger partial charge on any atom is 0.0600 e. The van der Waals surface area contributed by atoms with Crippen LogP contribution in [-0.4, -0.2) is 11.2 Å². The van der Waals surface area contributed by atoms with Crippen molar-refractivity contribution in [3.63, 3.8) is 0 Å². The van der Waals surface area contributed by atoms with Crippen molar-refractivity contribution in [2.45, 2.75) is 32.3 Å². The molecule has 1 N–H and O–H groups in total. The fourth-order valence-corrected chi connectivity index (χ4v) is 1.15. The van der Waals surface area contributed by atoms with E-state index < -0.39 is 0 Å². The van der Waals surface area contributed by atoms with Gasteiger partial charge in [-0.15, -0.1) is 0 Å².